The van der Waals surface area contributed by atoms with Gasteiger partial charge in [-0.2, -0.15) is 0 Å². The minimum atomic E-state index is 0.232. The number of anilines is 1. The first-order valence-corrected chi connectivity index (χ1v) is 7.65. The Labute approximate surface area is 125 Å². The first-order valence-electron chi connectivity index (χ1n) is 6.71. The standard InChI is InChI=1S/C15H13N5S/c1-2-4-10(5-3-1)14-18-11-6-7-17-13(11)15(20-14)19-12-8-16-9-21-12/h1-7,9,12,17H,8H2,(H,18,19,20). The van der Waals surface area contributed by atoms with Crippen LogP contribution in [-0.4, -0.2) is 32.4 Å². The summed E-state index contributed by atoms with van der Waals surface area (Å²) in [6.45, 7) is 0.761. The summed E-state index contributed by atoms with van der Waals surface area (Å²) in [5.74, 6) is 1.56. The molecule has 1 atom stereocenters. The van der Waals surface area contributed by atoms with Gasteiger partial charge in [0, 0.05) is 11.8 Å². The summed E-state index contributed by atoms with van der Waals surface area (Å²) in [5.41, 5.74) is 4.74. The van der Waals surface area contributed by atoms with E-state index in [0.29, 0.717) is 0 Å². The van der Waals surface area contributed by atoms with Crippen LogP contribution in [0.3, 0.4) is 0 Å². The molecule has 5 nitrogen and oxygen atoms in total. The Morgan fingerprint density at radius 3 is 2.86 bits per heavy atom. The Hall–Kier alpha value is -2.34. The Balaban J connectivity index is 1.78. The molecule has 0 spiro atoms. The molecule has 1 aromatic carbocycles. The second-order valence-electron chi connectivity index (χ2n) is 4.74. The molecular formula is C15H13N5S. The van der Waals surface area contributed by atoms with Crippen LogP contribution in [0.2, 0.25) is 0 Å². The van der Waals surface area contributed by atoms with Crippen LogP contribution >= 0.6 is 11.8 Å². The SMILES string of the molecule is C1=NCC(Nc2nc(-c3ccccc3)nc3cc[nH]c23)S1. The lowest BCUT2D eigenvalue weighted by atomic mass is 10.2. The lowest BCUT2D eigenvalue weighted by molar-refractivity contribution is 0.977. The van der Waals surface area contributed by atoms with Crippen molar-refractivity contribution in [1.29, 1.82) is 0 Å². The maximum Gasteiger partial charge on any atom is 0.162 e. The van der Waals surface area contributed by atoms with Crippen molar-refractivity contribution in [2.75, 3.05) is 11.9 Å². The van der Waals surface area contributed by atoms with Gasteiger partial charge in [0.15, 0.2) is 11.6 Å². The van der Waals surface area contributed by atoms with Crippen molar-refractivity contribution in [2.24, 2.45) is 4.99 Å². The first kappa shape index (κ1) is 12.4. The molecule has 0 bridgehead atoms. The number of thioether (sulfide) groups is 1. The molecule has 1 aliphatic heterocycles. The van der Waals surface area contributed by atoms with Crippen LogP contribution in [0.25, 0.3) is 22.4 Å². The molecule has 4 rings (SSSR count). The third-order valence-electron chi connectivity index (χ3n) is 3.31. The van der Waals surface area contributed by atoms with E-state index in [-0.39, 0.29) is 5.37 Å². The topological polar surface area (TPSA) is 66.0 Å². The molecule has 0 saturated carbocycles. The fourth-order valence-corrected chi connectivity index (χ4v) is 2.97. The van der Waals surface area contributed by atoms with E-state index in [0.717, 1.165) is 34.8 Å². The highest BCUT2D eigenvalue weighted by atomic mass is 32.2. The number of nitrogens with zero attached hydrogens (tertiary/aromatic N) is 3. The molecule has 0 saturated heterocycles. The van der Waals surface area contributed by atoms with Crippen LogP contribution in [0.4, 0.5) is 5.82 Å². The zero-order valence-corrected chi connectivity index (χ0v) is 12.0. The molecule has 2 N–H and O–H groups in total. The van der Waals surface area contributed by atoms with Gasteiger partial charge in [-0.3, -0.25) is 4.99 Å². The molecule has 1 unspecified atom stereocenters. The summed E-state index contributed by atoms with van der Waals surface area (Å²) in [6.07, 6.45) is 1.89. The van der Waals surface area contributed by atoms with Gasteiger partial charge in [-0.1, -0.05) is 42.1 Å². The summed E-state index contributed by atoms with van der Waals surface area (Å²) >= 11 is 1.67. The number of aromatic nitrogens is 3. The number of nitrogens with one attached hydrogen (secondary N) is 2. The van der Waals surface area contributed by atoms with E-state index in [9.17, 15) is 0 Å². The highest BCUT2D eigenvalue weighted by molar-refractivity contribution is 8.13. The Kier molecular flexibility index (Phi) is 3.08. The molecule has 0 radical (unpaired) electrons. The molecular weight excluding hydrogens is 282 g/mol. The third kappa shape index (κ3) is 2.38. The van der Waals surface area contributed by atoms with Gasteiger partial charge < -0.3 is 10.3 Å². The predicted molar refractivity (Wildman–Crippen MR) is 87.7 cm³/mol. The van der Waals surface area contributed by atoms with Crippen molar-refractivity contribution in [1.82, 2.24) is 15.0 Å². The molecule has 0 fully saturated rings. The Morgan fingerprint density at radius 1 is 1.14 bits per heavy atom. The fourth-order valence-electron chi connectivity index (χ4n) is 2.30. The average molecular weight is 295 g/mol. The number of hydrogen-bond acceptors (Lipinski definition) is 5. The number of fused-ring (bicyclic) bond motifs is 1. The summed E-state index contributed by atoms with van der Waals surface area (Å²) in [6, 6.07) is 12.0. The number of H-pyrrole nitrogens is 1. The average Bonchev–Trinajstić information content (AvgIpc) is 3.19. The van der Waals surface area contributed by atoms with Gasteiger partial charge in [-0.25, -0.2) is 9.97 Å². The number of hydrogen-bond donors (Lipinski definition) is 2. The van der Waals surface area contributed by atoms with Crippen molar-refractivity contribution >= 4 is 34.2 Å². The van der Waals surface area contributed by atoms with E-state index in [2.05, 4.69) is 25.3 Å². The van der Waals surface area contributed by atoms with Crippen LogP contribution < -0.4 is 5.32 Å². The molecule has 3 heterocycles. The first-order chi connectivity index (χ1) is 10.4. The van der Waals surface area contributed by atoms with Crippen LogP contribution in [-0.2, 0) is 0 Å². The molecule has 1 aliphatic rings. The molecule has 3 aromatic rings. The van der Waals surface area contributed by atoms with Crippen molar-refractivity contribution in [3.8, 4) is 11.4 Å². The van der Waals surface area contributed by atoms with Crippen LogP contribution in [0.5, 0.6) is 0 Å². The molecule has 2 aromatic heterocycles. The largest absolute Gasteiger partial charge is 0.357 e. The van der Waals surface area contributed by atoms with Crippen molar-refractivity contribution in [3.05, 3.63) is 42.6 Å². The second-order valence-corrected chi connectivity index (χ2v) is 5.79. The minimum Gasteiger partial charge on any atom is -0.357 e. The summed E-state index contributed by atoms with van der Waals surface area (Å²) in [4.78, 5) is 16.7. The Bertz CT molecular complexity index is 788. The molecule has 104 valence electrons. The maximum atomic E-state index is 4.68. The van der Waals surface area contributed by atoms with E-state index in [1.807, 2.05) is 48.1 Å². The minimum absolute atomic E-state index is 0.232. The molecule has 0 aliphatic carbocycles. The van der Waals surface area contributed by atoms with Crippen LogP contribution in [0.1, 0.15) is 0 Å². The van der Waals surface area contributed by atoms with E-state index < -0.39 is 0 Å². The summed E-state index contributed by atoms with van der Waals surface area (Å²) in [7, 11) is 0. The smallest absolute Gasteiger partial charge is 0.162 e. The molecule has 21 heavy (non-hydrogen) atoms. The molecule has 0 amide bonds. The third-order valence-corrected chi connectivity index (χ3v) is 4.17. The van der Waals surface area contributed by atoms with Gasteiger partial charge in [0.1, 0.15) is 5.52 Å². The number of aromatic amines is 1. The van der Waals surface area contributed by atoms with E-state index in [4.69, 9.17) is 0 Å². The number of aliphatic imine (C=N–C) groups is 1. The van der Waals surface area contributed by atoms with Gasteiger partial charge in [-0.05, 0) is 6.07 Å². The maximum absolute atomic E-state index is 4.68. The predicted octanol–water partition coefficient (Wildman–Crippen LogP) is 3.14. The van der Waals surface area contributed by atoms with Gasteiger partial charge in [0.05, 0.1) is 23.0 Å². The lowest BCUT2D eigenvalue weighted by Crippen LogP contribution is -2.17. The summed E-state index contributed by atoms with van der Waals surface area (Å²) in [5, 5.41) is 3.67. The van der Waals surface area contributed by atoms with E-state index >= 15 is 0 Å². The molecule has 6 heteroatoms. The van der Waals surface area contributed by atoms with Crippen molar-refractivity contribution in [2.45, 2.75) is 5.37 Å². The fraction of sp³-hybridized carbons (Fsp3) is 0.133. The van der Waals surface area contributed by atoms with Crippen LogP contribution in [0, 0.1) is 0 Å². The van der Waals surface area contributed by atoms with E-state index in [1.165, 1.54) is 0 Å². The van der Waals surface area contributed by atoms with E-state index in [1.54, 1.807) is 11.8 Å². The highest BCUT2D eigenvalue weighted by Crippen LogP contribution is 2.26. The van der Waals surface area contributed by atoms with Crippen molar-refractivity contribution < 1.29 is 0 Å². The zero-order chi connectivity index (χ0) is 14.1. The second kappa shape index (κ2) is 5.21. The van der Waals surface area contributed by atoms with Crippen molar-refractivity contribution in [3.63, 3.8) is 0 Å². The van der Waals surface area contributed by atoms with Gasteiger partial charge >= 0.3 is 0 Å². The number of rotatable bonds is 3. The zero-order valence-electron chi connectivity index (χ0n) is 11.2. The van der Waals surface area contributed by atoms with Gasteiger partial charge in [-0.15, -0.1) is 0 Å². The van der Waals surface area contributed by atoms with Crippen LogP contribution in [0.15, 0.2) is 47.6 Å². The Morgan fingerprint density at radius 2 is 2.05 bits per heavy atom. The summed E-state index contributed by atoms with van der Waals surface area (Å²) < 4.78 is 0. The quantitative estimate of drug-likeness (QED) is 0.779. The lowest BCUT2D eigenvalue weighted by Gasteiger charge is -2.13. The monoisotopic (exact) mass is 295 g/mol. The van der Waals surface area contributed by atoms with Gasteiger partial charge in [0.25, 0.3) is 0 Å². The number of benzene rings is 1. The normalized spacial score (nSPS) is 17.4. The van der Waals surface area contributed by atoms with Gasteiger partial charge in [0.2, 0.25) is 0 Å². The highest BCUT2D eigenvalue weighted by Gasteiger charge is 2.16.